The van der Waals surface area contributed by atoms with Crippen LogP contribution >= 0.6 is 0 Å². The lowest BCUT2D eigenvalue weighted by Crippen LogP contribution is -2.25. The van der Waals surface area contributed by atoms with Crippen molar-refractivity contribution >= 4 is 11.9 Å². The minimum absolute atomic E-state index is 0.0154. The topological polar surface area (TPSA) is 92.4 Å². The van der Waals surface area contributed by atoms with Crippen molar-refractivity contribution in [3.63, 3.8) is 0 Å². The number of nitrogens with one attached hydrogen (secondary N) is 1. The Labute approximate surface area is 109 Å². The summed E-state index contributed by atoms with van der Waals surface area (Å²) < 4.78 is 4.88. The van der Waals surface area contributed by atoms with E-state index in [1.165, 1.54) is 6.07 Å². The fraction of sp³-hybridized carbons (Fsp3) is 0.154. The number of aromatic carboxylic acids is 1. The van der Waals surface area contributed by atoms with E-state index in [4.69, 9.17) is 9.52 Å². The van der Waals surface area contributed by atoms with Crippen molar-refractivity contribution in [2.45, 2.75) is 6.42 Å². The van der Waals surface area contributed by atoms with Gasteiger partial charge in [0.1, 0.15) is 6.26 Å². The maximum absolute atomic E-state index is 11.7. The fourth-order valence-corrected chi connectivity index (χ4v) is 1.50. The Morgan fingerprint density at radius 3 is 2.84 bits per heavy atom. The molecule has 2 heterocycles. The molecule has 0 aliphatic rings. The molecule has 0 spiro atoms. The number of carbonyl (C=O) groups excluding carboxylic acids is 1. The summed E-state index contributed by atoms with van der Waals surface area (Å²) in [5, 5.41) is 11.3. The Morgan fingerprint density at radius 1 is 1.37 bits per heavy atom. The van der Waals surface area contributed by atoms with Crippen LogP contribution in [0, 0.1) is 0 Å². The molecule has 0 bridgehead atoms. The standard InChI is InChI=1S/C13H12N2O4/c16-12(11-7-9(8-19-11)13(17)18)15-6-4-10-3-1-2-5-14-10/h1-3,5,7-8H,4,6H2,(H,15,16)(H,17,18). The lowest BCUT2D eigenvalue weighted by molar-refractivity contribution is 0.0696. The van der Waals surface area contributed by atoms with Crippen molar-refractivity contribution in [1.82, 2.24) is 10.3 Å². The first kappa shape index (κ1) is 12.8. The number of carboxylic acids is 1. The summed E-state index contributed by atoms with van der Waals surface area (Å²) in [7, 11) is 0. The van der Waals surface area contributed by atoms with Gasteiger partial charge in [-0.15, -0.1) is 0 Å². The molecule has 2 aromatic heterocycles. The van der Waals surface area contributed by atoms with E-state index in [9.17, 15) is 9.59 Å². The van der Waals surface area contributed by atoms with Crippen molar-refractivity contribution < 1.29 is 19.1 Å². The van der Waals surface area contributed by atoms with E-state index in [1.54, 1.807) is 6.20 Å². The van der Waals surface area contributed by atoms with Gasteiger partial charge in [0.05, 0.1) is 5.56 Å². The van der Waals surface area contributed by atoms with Crippen LogP contribution in [0.25, 0.3) is 0 Å². The summed E-state index contributed by atoms with van der Waals surface area (Å²) in [6.07, 6.45) is 3.32. The second-order valence-corrected chi connectivity index (χ2v) is 3.83. The molecule has 2 aromatic rings. The molecule has 19 heavy (non-hydrogen) atoms. The number of pyridine rings is 1. The molecule has 0 atom stereocenters. The summed E-state index contributed by atoms with van der Waals surface area (Å²) in [5.41, 5.74) is 0.823. The quantitative estimate of drug-likeness (QED) is 0.846. The lowest BCUT2D eigenvalue weighted by atomic mass is 10.2. The molecule has 2 rings (SSSR count). The largest absolute Gasteiger partial charge is 0.478 e. The number of hydrogen-bond donors (Lipinski definition) is 2. The van der Waals surface area contributed by atoms with Crippen molar-refractivity contribution in [2.75, 3.05) is 6.54 Å². The maximum atomic E-state index is 11.7. The summed E-state index contributed by atoms with van der Waals surface area (Å²) in [4.78, 5) is 26.4. The molecule has 0 unspecified atom stereocenters. The predicted octanol–water partition coefficient (Wildman–Crippen LogP) is 1.35. The van der Waals surface area contributed by atoms with Crippen LogP contribution in [-0.2, 0) is 6.42 Å². The van der Waals surface area contributed by atoms with E-state index in [0.29, 0.717) is 13.0 Å². The Balaban J connectivity index is 1.85. The molecule has 0 saturated carbocycles. The number of amides is 1. The Bertz CT molecular complexity index is 577. The highest BCUT2D eigenvalue weighted by molar-refractivity contribution is 5.95. The van der Waals surface area contributed by atoms with Gasteiger partial charge in [0.25, 0.3) is 5.91 Å². The van der Waals surface area contributed by atoms with E-state index in [1.807, 2.05) is 18.2 Å². The van der Waals surface area contributed by atoms with Gasteiger partial charge in [-0.05, 0) is 12.1 Å². The Morgan fingerprint density at radius 2 is 2.21 bits per heavy atom. The van der Waals surface area contributed by atoms with Gasteiger partial charge in [-0.3, -0.25) is 9.78 Å². The van der Waals surface area contributed by atoms with E-state index >= 15 is 0 Å². The van der Waals surface area contributed by atoms with Gasteiger partial charge in [0.15, 0.2) is 5.76 Å². The zero-order valence-corrected chi connectivity index (χ0v) is 10.00. The molecular weight excluding hydrogens is 248 g/mol. The number of hydrogen-bond acceptors (Lipinski definition) is 4. The van der Waals surface area contributed by atoms with Crippen LogP contribution in [0.15, 0.2) is 41.1 Å². The first-order chi connectivity index (χ1) is 9.16. The van der Waals surface area contributed by atoms with E-state index in [2.05, 4.69) is 10.3 Å². The average Bonchev–Trinajstić information content (AvgIpc) is 2.89. The minimum Gasteiger partial charge on any atom is -0.478 e. The van der Waals surface area contributed by atoms with Crippen LogP contribution in [0.5, 0.6) is 0 Å². The normalized spacial score (nSPS) is 10.1. The molecule has 1 amide bonds. The SMILES string of the molecule is O=C(O)c1coc(C(=O)NCCc2ccccn2)c1. The van der Waals surface area contributed by atoms with Crippen LogP contribution in [0.3, 0.4) is 0 Å². The summed E-state index contributed by atoms with van der Waals surface area (Å²) in [5.74, 6) is -1.59. The third-order valence-corrected chi connectivity index (χ3v) is 2.46. The number of carbonyl (C=O) groups is 2. The second kappa shape index (κ2) is 5.81. The Hall–Kier alpha value is -2.63. The van der Waals surface area contributed by atoms with Crippen LogP contribution in [0.4, 0.5) is 0 Å². The zero-order valence-electron chi connectivity index (χ0n) is 10.00. The number of carboxylic acid groups (broad SMARTS) is 1. The summed E-state index contributed by atoms with van der Waals surface area (Å²) in [6.45, 7) is 0.402. The smallest absolute Gasteiger partial charge is 0.338 e. The minimum atomic E-state index is -1.13. The van der Waals surface area contributed by atoms with Crippen molar-refractivity contribution in [3.8, 4) is 0 Å². The van der Waals surface area contributed by atoms with Crippen LogP contribution in [0.1, 0.15) is 26.6 Å². The molecule has 0 aliphatic carbocycles. The van der Waals surface area contributed by atoms with Crippen LogP contribution in [0.2, 0.25) is 0 Å². The highest BCUT2D eigenvalue weighted by Gasteiger charge is 2.13. The second-order valence-electron chi connectivity index (χ2n) is 3.83. The third-order valence-electron chi connectivity index (χ3n) is 2.46. The molecule has 6 nitrogen and oxygen atoms in total. The monoisotopic (exact) mass is 260 g/mol. The molecule has 0 aliphatic heterocycles. The van der Waals surface area contributed by atoms with Crippen molar-refractivity contribution in [3.05, 3.63) is 53.7 Å². The first-order valence-electron chi connectivity index (χ1n) is 5.67. The highest BCUT2D eigenvalue weighted by atomic mass is 16.4. The lowest BCUT2D eigenvalue weighted by Gasteiger charge is -2.02. The summed E-state index contributed by atoms with van der Waals surface area (Å²) in [6, 6.07) is 6.74. The summed E-state index contributed by atoms with van der Waals surface area (Å²) >= 11 is 0. The third kappa shape index (κ3) is 3.41. The maximum Gasteiger partial charge on any atom is 0.338 e. The molecule has 0 saturated heterocycles. The van der Waals surface area contributed by atoms with Crippen molar-refractivity contribution in [1.29, 1.82) is 0 Å². The Kier molecular flexibility index (Phi) is 3.92. The highest BCUT2D eigenvalue weighted by Crippen LogP contribution is 2.07. The first-order valence-corrected chi connectivity index (χ1v) is 5.67. The fourth-order valence-electron chi connectivity index (χ4n) is 1.50. The number of aromatic nitrogens is 1. The van der Waals surface area contributed by atoms with E-state index in [-0.39, 0.29) is 11.3 Å². The molecule has 6 heteroatoms. The van der Waals surface area contributed by atoms with Crippen LogP contribution < -0.4 is 5.32 Å². The molecule has 0 radical (unpaired) electrons. The number of nitrogens with zero attached hydrogens (tertiary/aromatic N) is 1. The molecule has 0 fully saturated rings. The van der Waals surface area contributed by atoms with Crippen molar-refractivity contribution in [2.24, 2.45) is 0 Å². The van der Waals surface area contributed by atoms with Gasteiger partial charge >= 0.3 is 5.97 Å². The van der Waals surface area contributed by atoms with Gasteiger partial charge in [0, 0.05) is 30.9 Å². The molecule has 0 aromatic carbocycles. The van der Waals surface area contributed by atoms with Crippen LogP contribution in [-0.4, -0.2) is 28.5 Å². The molecular formula is C13H12N2O4. The van der Waals surface area contributed by atoms with Gasteiger partial charge in [-0.2, -0.15) is 0 Å². The van der Waals surface area contributed by atoms with Gasteiger partial charge in [-0.1, -0.05) is 6.07 Å². The zero-order chi connectivity index (χ0) is 13.7. The number of furan rings is 1. The average molecular weight is 260 g/mol. The van der Waals surface area contributed by atoms with Gasteiger partial charge < -0.3 is 14.8 Å². The predicted molar refractivity (Wildman–Crippen MR) is 65.9 cm³/mol. The van der Waals surface area contributed by atoms with Gasteiger partial charge in [0.2, 0.25) is 0 Å². The van der Waals surface area contributed by atoms with E-state index in [0.717, 1.165) is 12.0 Å². The molecule has 2 N–H and O–H groups in total. The molecule has 98 valence electrons. The van der Waals surface area contributed by atoms with E-state index < -0.39 is 11.9 Å². The van der Waals surface area contributed by atoms with Gasteiger partial charge in [-0.25, -0.2) is 4.79 Å². The number of rotatable bonds is 5.